The molecule has 6 nitrogen and oxygen atoms in total. The maximum atomic E-state index is 4.63. The van der Waals surface area contributed by atoms with Gasteiger partial charge in [-0.2, -0.15) is 4.37 Å². The lowest BCUT2D eigenvalue weighted by atomic mass is 9.96. The van der Waals surface area contributed by atoms with Gasteiger partial charge in [0.05, 0.1) is 0 Å². The van der Waals surface area contributed by atoms with Gasteiger partial charge in [-0.25, -0.2) is 4.98 Å². The highest BCUT2D eigenvalue weighted by molar-refractivity contribution is 14.0. The number of hydrogen-bond donors (Lipinski definition) is 1. The number of piperazine rings is 1. The van der Waals surface area contributed by atoms with Crippen LogP contribution >= 0.6 is 35.5 Å². The lowest BCUT2D eigenvalue weighted by Crippen LogP contribution is -2.53. The molecule has 29 heavy (non-hydrogen) atoms. The first kappa shape index (κ1) is 22.3. The Morgan fingerprint density at radius 2 is 1.90 bits per heavy atom. The summed E-state index contributed by atoms with van der Waals surface area (Å²) < 4.78 is 4.42. The Labute approximate surface area is 195 Å². The van der Waals surface area contributed by atoms with E-state index in [0.29, 0.717) is 5.41 Å². The number of nitrogens with zero attached hydrogens (tertiary/aromatic N) is 5. The lowest BCUT2D eigenvalue weighted by molar-refractivity contribution is 0.365. The predicted octanol–water partition coefficient (Wildman–Crippen LogP) is 3.44. The summed E-state index contributed by atoms with van der Waals surface area (Å²) in [6.45, 7) is 6.97. The molecule has 1 aromatic heterocycles. The first-order valence-electron chi connectivity index (χ1n) is 10.3. The summed E-state index contributed by atoms with van der Waals surface area (Å²) in [5, 5.41) is 4.72. The van der Waals surface area contributed by atoms with Crippen molar-refractivity contribution in [3.63, 3.8) is 0 Å². The van der Waals surface area contributed by atoms with Crippen LogP contribution in [0.25, 0.3) is 0 Å². The van der Waals surface area contributed by atoms with E-state index in [1.165, 1.54) is 29.9 Å². The van der Waals surface area contributed by atoms with Crippen LogP contribution in [-0.2, 0) is 12.8 Å². The van der Waals surface area contributed by atoms with Gasteiger partial charge < -0.3 is 15.1 Å². The summed E-state index contributed by atoms with van der Waals surface area (Å²) >= 11 is 1.52. The van der Waals surface area contributed by atoms with E-state index in [2.05, 4.69) is 66.7 Å². The van der Waals surface area contributed by atoms with Crippen molar-refractivity contribution in [3.05, 3.63) is 41.7 Å². The van der Waals surface area contributed by atoms with Crippen LogP contribution in [-0.4, -0.2) is 60.0 Å². The largest absolute Gasteiger partial charge is 0.356 e. The maximum Gasteiger partial charge on any atom is 0.205 e. The van der Waals surface area contributed by atoms with Crippen LogP contribution in [0, 0.1) is 5.41 Å². The van der Waals surface area contributed by atoms with E-state index >= 15 is 0 Å². The van der Waals surface area contributed by atoms with Crippen LogP contribution in [0.4, 0.5) is 5.13 Å². The fraction of sp³-hybridized carbons (Fsp3) is 0.571. The molecule has 1 aromatic carbocycles. The first-order chi connectivity index (χ1) is 13.7. The van der Waals surface area contributed by atoms with E-state index in [-0.39, 0.29) is 24.0 Å². The average Bonchev–Trinajstić information content (AvgIpc) is 3.33. The molecule has 0 unspecified atom stereocenters. The SMILES string of the molecule is CCc1nsc(N2CCN(C(=NC)NCC3(Cc4ccccc4)CC3)CC2)n1.I. The standard InChI is InChI=1S/C21H30N6S.HI/c1-3-18-24-20(28-25-18)27-13-11-26(12-14-27)19(22-2)23-16-21(9-10-21)15-17-7-5-4-6-8-17;/h4-8H,3,9-16H2,1-2H3,(H,22,23);1H. The van der Waals surface area contributed by atoms with Gasteiger partial charge in [0, 0.05) is 57.7 Å². The monoisotopic (exact) mass is 526 g/mol. The van der Waals surface area contributed by atoms with Gasteiger partial charge in [-0.05, 0) is 30.2 Å². The Kier molecular flexibility index (Phi) is 7.72. The fourth-order valence-corrected chi connectivity index (χ4v) is 4.65. The molecule has 2 fully saturated rings. The molecular formula is C21H31IN6S. The van der Waals surface area contributed by atoms with Crippen molar-refractivity contribution in [2.24, 2.45) is 10.4 Å². The highest BCUT2D eigenvalue weighted by Gasteiger charge is 2.42. The smallest absolute Gasteiger partial charge is 0.205 e. The number of guanidine groups is 1. The van der Waals surface area contributed by atoms with Crippen molar-refractivity contribution in [1.29, 1.82) is 0 Å². The van der Waals surface area contributed by atoms with Gasteiger partial charge in [0.25, 0.3) is 0 Å². The molecule has 1 N–H and O–H groups in total. The van der Waals surface area contributed by atoms with Crippen molar-refractivity contribution in [2.45, 2.75) is 32.6 Å². The number of nitrogens with one attached hydrogen (secondary N) is 1. The number of aryl methyl sites for hydroxylation is 1. The molecule has 0 atom stereocenters. The Balaban J connectivity index is 0.00000240. The van der Waals surface area contributed by atoms with Crippen LogP contribution in [0.2, 0.25) is 0 Å². The minimum Gasteiger partial charge on any atom is -0.356 e. The lowest BCUT2D eigenvalue weighted by Gasteiger charge is -2.36. The number of aliphatic imine (C=N–C) groups is 1. The molecule has 8 heteroatoms. The summed E-state index contributed by atoms with van der Waals surface area (Å²) in [4.78, 5) is 13.9. The zero-order chi connectivity index (χ0) is 19.4. The molecule has 2 aliphatic rings. The number of aromatic nitrogens is 2. The second kappa shape index (κ2) is 10.1. The number of halogens is 1. The van der Waals surface area contributed by atoms with Crippen molar-refractivity contribution in [2.75, 3.05) is 44.7 Å². The number of anilines is 1. The van der Waals surface area contributed by atoms with E-state index in [9.17, 15) is 0 Å². The van der Waals surface area contributed by atoms with Crippen LogP contribution < -0.4 is 10.2 Å². The zero-order valence-corrected chi connectivity index (χ0v) is 20.5. The van der Waals surface area contributed by atoms with Crippen LogP contribution in [0.15, 0.2) is 35.3 Å². The van der Waals surface area contributed by atoms with Crippen LogP contribution in [0.1, 0.15) is 31.2 Å². The average molecular weight is 526 g/mol. The fourth-order valence-electron chi connectivity index (χ4n) is 3.85. The second-order valence-electron chi connectivity index (χ2n) is 7.88. The van der Waals surface area contributed by atoms with Gasteiger partial charge in [-0.3, -0.25) is 4.99 Å². The molecule has 4 rings (SSSR count). The minimum atomic E-state index is 0. The van der Waals surface area contributed by atoms with Crippen molar-refractivity contribution >= 4 is 46.6 Å². The van der Waals surface area contributed by atoms with Crippen molar-refractivity contribution < 1.29 is 0 Å². The summed E-state index contributed by atoms with van der Waals surface area (Å²) in [7, 11) is 1.89. The first-order valence-corrected chi connectivity index (χ1v) is 11.1. The molecule has 2 heterocycles. The van der Waals surface area contributed by atoms with Gasteiger partial charge in [0.2, 0.25) is 5.13 Å². The molecule has 1 aliphatic carbocycles. The quantitative estimate of drug-likeness (QED) is 0.355. The Morgan fingerprint density at radius 1 is 1.17 bits per heavy atom. The number of rotatable bonds is 6. The summed E-state index contributed by atoms with van der Waals surface area (Å²) in [5.74, 6) is 1.98. The molecule has 1 saturated heterocycles. The third kappa shape index (κ3) is 5.59. The van der Waals surface area contributed by atoms with E-state index in [4.69, 9.17) is 0 Å². The summed E-state index contributed by atoms with van der Waals surface area (Å²) in [5.41, 5.74) is 1.84. The van der Waals surface area contributed by atoms with E-state index < -0.39 is 0 Å². The molecule has 0 amide bonds. The van der Waals surface area contributed by atoms with Gasteiger partial charge >= 0.3 is 0 Å². The molecule has 1 saturated carbocycles. The highest BCUT2D eigenvalue weighted by Crippen LogP contribution is 2.47. The van der Waals surface area contributed by atoms with Crippen molar-refractivity contribution in [1.82, 2.24) is 19.6 Å². The Hall–Kier alpha value is -1.42. The van der Waals surface area contributed by atoms with E-state index in [1.807, 2.05) is 7.05 Å². The Morgan fingerprint density at radius 3 is 2.48 bits per heavy atom. The normalized spacial score (nSPS) is 18.3. The molecule has 0 bridgehead atoms. The van der Waals surface area contributed by atoms with Crippen molar-refractivity contribution in [3.8, 4) is 0 Å². The van der Waals surface area contributed by atoms with Gasteiger partial charge in [0.15, 0.2) is 5.96 Å². The molecule has 0 radical (unpaired) electrons. The summed E-state index contributed by atoms with van der Waals surface area (Å²) in [6, 6.07) is 10.8. The summed E-state index contributed by atoms with van der Waals surface area (Å²) in [6.07, 6.45) is 4.66. The maximum absolute atomic E-state index is 4.63. The highest BCUT2D eigenvalue weighted by atomic mass is 127. The number of hydrogen-bond acceptors (Lipinski definition) is 5. The molecule has 0 spiro atoms. The van der Waals surface area contributed by atoms with Gasteiger partial charge in [0.1, 0.15) is 5.82 Å². The van der Waals surface area contributed by atoms with E-state index in [1.54, 1.807) is 0 Å². The molecular weight excluding hydrogens is 495 g/mol. The molecule has 158 valence electrons. The molecule has 2 aromatic rings. The van der Waals surface area contributed by atoms with Crippen LogP contribution in [0.3, 0.4) is 0 Å². The molecule has 1 aliphatic heterocycles. The second-order valence-corrected chi connectivity index (χ2v) is 8.61. The number of benzene rings is 1. The third-order valence-corrected chi connectivity index (χ3v) is 6.65. The van der Waals surface area contributed by atoms with E-state index in [0.717, 1.165) is 62.5 Å². The Bertz CT molecular complexity index is 797. The van der Waals surface area contributed by atoms with Gasteiger partial charge in [-0.15, -0.1) is 24.0 Å². The van der Waals surface area contributed by atoms with Gasteiger partial charge in [-0.1, -0.05) is 37.3 Å². The topological polar surface area (TPSA) is 56.7 Å². The third-order valence-electron chi connectivity index (χ3n) is 5.84. The minimum absolute atomic E-state index is 0. The predicted molar refractivity (Wildman–Crippen MR) is 132 cm³/mol. The van der Waals surface area contributed by atoms with Crippen LogP contribution in [0.5, 0.6) is 0 Å². The zero-order valence-electron chi connectivity index (χ0n) is 17.3.